The van der Waals surface area contributed by atoms with Crippen LogP contribution in [-0.2, 0) is 10.0 Å². The normalized spacial score (nSPS) is 11.3. The Hall–Kier alpha value is -2.58. The van der Waals surface area contributed by atoms with Gasteiger partial charge < -0.3 is 9.84 Å². The van der Waals surface area contributed by atoms with Gasteiger partial charge in [0.15, 0.2) is 10.7 Å². The molecule has 2 N–H and O–H groups in total. The van der Waals surface area contributed by atoms with Crippen molar-refractivity contribution in [1.82, 2.24) is 10.1 Å². The minimum absolute atomic E-state index is 0.0256. The lowest BCUT2D eigenvalue weighted by Gasteiger charge is -2.09. The van der Waals surface area contributed by atoms with E-state index in [0.717, 1.165) is 5.69 Å². The van der Waals surface area contributed by atoms with Crippen LogP contribution < -0.4 is 10.0 Å². The van der Waals surface area contributed by atoms with Crippen molar-refractivity contribution in [2.24, 2.45) is 0 Å². The molecule has 3 aromatic rings. The molecule has 25 heavy (non-hydrogen) atoms. The number of aromatic nitrogens is 2. The largest absolute Gasteiger partial charge is 0.360 e. The Labute approximate surface area is 150 Å². The van der Waals surface area contributed by atoms with Gasteiger partial charge in [-0.2, -0.15) is 0 Å². The van der Waals surface area contributed by atoms with Gasteiger partial charge in [0.25, 0.3) is 10.0 Å². The summed E-state index contributed by atoms with van der Waals surface area (Å²) in [4.78, 5) is 4.14. The molecule has 130 valence electrons. The molecule has 9 heteroatoms. The summed E-state index contributed by atoms with van der Waals surface area (Å²) >= 11 is 5.84. The molecule has 0 unspecified atom stereocenters. The lowest BCUT2D eigenvalue weighted by Crippen LogP contribution is -2.15. The van der Waals surface area contributed by atoms with E-state index in [2.05, 4.69) is 20.2 Å². The van der Waals surface area contributed by atoms with E-state index < -0.39 is 10.0 Å². The van der Waals surface area contributed by atoms with E-state index in [0.29, 0.717) is 16.4 Å². The Bertz CT molecular complexity index is 964. The van der Waals surface area contributed by atoms with Gasteiger partial charge in [-0.3, -0.25) is 4.72 Å². The number of benzene rings is 1. The summed E-state index contributed by atoms with van der Waals surface area (Å²) in [6.07, 6.45) is 1.53. The fourth-order valence-electron chi connectivity index (χ4n) is 2.28. The first-order chi connectivity index (χ1) is 11.8. The molecule has 0 aliphatic carbocycles. The SMILES string of the molecule is Cc1noc(C)c1S(=O)(=O)Nc1ccc(Nc2ccc(Cl)cc2)cn1. The molecule has 2 heterocycles. The summed E-state index contributed by atoms with van der Waals surface area (Å²) in [5.74, 6) is 0.424. The molecule has 3 rings (SSSR count). The number of anilines is 3. The lowest BCUT2D eigenvalue weighted by molar-refractivity contribution is 0.390. The summed E-state index contributed by atoms with van der Waals surface area (Å²) in [6, 6.07) is 10.5. The van der Waals surface area contributed by atoms with Crippen LogP contribution in [0, 0.1) is 13.8 Å². The van der Waals surface area contributed by atoms with Crippen LogP contribution in [0.5, 0.6) is 0 Å². The van der Waals surface area contributed by atoms with E-state index in [1.165, 1.54) is 6.20 Å². The highest BCUT2D eigenvalue weighted by molar-refractivity contribution is 7.92. The zero-order valence-corrected chi connectivity index (χ0v) is 15.0. The Morgan fingerprint density at radius 3 is 2.28 bits per heavy atom. The maximum atomic E-state index is 12.4. The van der Waals surface area contributed by atoms with E-state index in [9.17, 15) is 8.42 Å². The van der Waals surface area contributed by atoms with Gasteiger partial charge in [-0.25, -0.2) is 13.4 Å². The number of rotatable bonds is 5. The van der Waals surface area contributed by atoms with Crippen molar-refractivity contribution in [3.8, 4) is 0 Å². The number of halogens is 1. The topological polar surface area (TPSA) is 97.1 Å². The molecule has 0 aliphatic heterocycles. The third-order valence-electron chi connectivity index (χ3n) is 3.37. The summed E-state index contributed by atoms with van der Waals surface area (Å²) < 4.78 is 32.2. The van der Waals surface area contributed by atoms with Crippen molar-refractivity contribution < 1.29 is 12.9 Å². The Morgan fingerprint density at radius 1 is 1.04 bits per heavy atom. The zero-order chi connectivity index (χ0) is 18.0. The highest BCUT2D eigenvalue weighted by Gasteiger charge is 2.24. The summed E-state index contributed by atoms with van der Waals surface area (Å²) in [7, 11) is -3.81. The molecular weight excluding hydrogens is 364 g/mol. The second-order valence-corrected chi connectivity index (χ2v) is 7.38. The van der Waals surface area contributed by atoms with Gasteiger partial charge >= 0.3 is 0 Å². The van der Waals surface area contributed by atoms with Gasteiger partial charge in [0.05, 0.1) is 11.9 Å². The fraction of sp³-hybridized carbons (Fsp3) is 0.125. The van der Waals surface area contributed by atoms with E-state index in [1.54, 1.807) is 38.1 Å². The van der Waals surface area contributed by atoms with Crippen LogP contribution >= 0.6 is 11.6 Å². The average Bonchev–Trinajstić information content (AvgIpc) is 2.91. The molecule has 0 saturated heterocycles. The van der Waals surface area contributed by atoms with Crippen molar-refractivity contribution in [2.75, 3.05) is 10.0 Å². The molecule has 7 nitrogen and oxygen atoms in total. The van der Waals surface area contributed by atoms with Crippen molar-refractivity contribution in [3.05, 3.63) is 59.1 Å². The second-order valence-electron chi connectivity index (χ2n) is 5.32. The highest BCUT2D eigenvalue weighted by Crippen LogP contribution is 2.23. The Balaban J connectivity index is 1.75. The first kappa shape index (κ1) is 17.2. The number of nitrogens with zero attached hydrogens (tertiary/aromatic N) is 2. The average molecular weight is 379 g/mol. The van der Waals surface area contributed by atoms with E-state index >= 15 is 0 Å². The second kappa shape index (κ2) is 6.73. The molecule has 0 saturated carbocycles. The quantitative estimate of drug-likeness (QED) is 0.699. The number of aryl methyl sites for hydroxylation is 2. The number of pyridine rings is 1. The molecule has 0 radical (unpaired) electrons. The Morgan fingerprint density at radius 2 is 1.72 bits per heavy atom. The smallest absolute Gasteiger partial charge is 0.268 e. The van der Waals surface area contributed by atoms with E-state index in [1.807, 2.05) is 12.1 Å². The van der Waals surface area contributed by atoms with Crippen molar-refractivity contribution in [1.29, 1.82) is 0 Å². The number of nitrogens with one attached hydrogen (secondary N) is 2. The molecule has 1 aromatic carbocycles. The third kappa shape index (κ3) is 3.92. The van der Waals surface area contributed by atoms with Crippen molar-refractivity contribution in [2.45, 2.75) is 18.7 Å². The van der Waals surface area contributed by atoms with Gasteiger partial charge in [-0.05, 0) is 50.2 Å². The standard InChI is InChI=1S/C16H15ClN4O3S/c1-10-16(11(2)24-20-10)25(22,23)21-15-8-7-14(9-18-15)19-13-5-3-12(17)4-6-13/h3-9,19H,1-2H3,(H,18,21). The third-order valence-corrected chi connectivity index (χ3v) is 5.22. The van der Waals surface area contributed by atoms with Crippen LogP contribution in [0.15, 0.2) is 52.0 Å². The van der Waals surface area contributed by atoms with E-state index in [4.69, 9.17) is 16.1 Å². The van der Waals surface area contributed by atoms with Gasteiger partial charge in [-0.15, -0.1) is 0 Å². The number of sulfonamides is 1. The monoisotopic (exact) mass is 378 g/mol. The first-order valence-corrected chi connectivity index (χ1v) is 9.15. The van der Waals surface area contributed by atoms with Gasteiger partial charge in [0.1, 0.15) is 11.5 Å². The molecule has 0 bridgehead atoms. The van der Waals surface area contributed by atoms with Crippen LogP contribution in [0.2, 0.25) is 5.02 Å². The van der Waals surface area contributed by atoms with Gasteiger partial charge in [0, 0.05) is 10.7 Å². The summed E-state index contributed by atoms with van der Waals surface area (Å²) in [5, 5.41) is 7.45. The number of hydrogen-bond donors (Lipinski definition) is 2. The van der Waals surface area contributed by atoms with Crippen LogP contribution in [0.4, 0.5) is 17.2 Å². The molecule has 2 aromatic heterocycles. The molecule has 0 amide bonds. The Kier molecular flexibility index (Phi) is 4.65. The van der Waals surface area contributed by atoms with Crippen LogP contribution in [0.1, 0.15) is 11.5 Å². The molecule has 0 atom stereocenters. The van der Waals surface area contributed by atoms with Crippen LogP contribution in [0.3, 0.4) is 0 Å². The molecule has 0 aliphatic rings. The van der Waals surface area contributed by atoms with E-state index in [-0.39, 0.29) is 16.5 Å². The van der Waals surface area contributed by atoms with Crippen molar-refractivity contribution in [3.63, 3.8) is 0 Å². The van der Waals surface area contributed by atoms with Crippen molar-refractivity contribution >= 4 is 38.8 Å². The maximum Gasteiger partial charge on any atom is 0.268 e. The van der Waals surface area contributed by atoms with Crippen LogP contribution in [0.25, 0.3) is 0 Å². The zero-order valence-electron chi connectivity index (χ0n) is 13.4. The molecule has 0 spiro atoms. The predicted molar refractivity (Wildman–Crippen MR) is 95.8 cm³/mol. The highest BCUT2D eigenvalue weighted by atomic mass is 35.5. The lowest BCUT2D eigenvalue weighted by atomic mass is 10.3. The van der Waals surface area contributed by atoms with Gasteiger partial charge in [0.2, 0.25) is 0 Å². The van der Waals surface area contributed by atoms with Gasteiger partial charge in [-0.1, -0.05) is 16.8 Å². The number of hydrogen-bond acceptors (Lipinski definition) is 6. The fourth-order valence-corrected chi connectivity index (χ4v) is 3.74. The maximum absolute atomic E-state index is 12.4. The minimum atomic E-state index is -3.81. The predicted octanol–water partition coefficient (Wildman–Crippen LogP) is 3.88. The van der Waals surface area contributed by atoms with Crippen LogP contribution in [-0.4, -0.2) is 18.6 Å². The molecular formula is C16H15ClN4O3S. The minimum Gasteiger partial charge on any atom is -0.360 e. The summed E-state index contributed by atoms with van der Waals surface area (Å²) in [5.41, 5.74) is 1.85. The summed E-state index contributed by atoms with van der Waals surface area (Å²) in [6.45, 7) is 3.11. The molecule has 0 fully saturated rings. The first-order valence-electron chi connectivity index (χ1n) is 7.29.